The molecule has 5 heteroatoms. The molecule has 2 aromatic rings. The third-order valence-electron chi connectivity index (χ3n) is 3.48. The monoisotopic (exact) mass is 311 g/mol. The van der Waals surface area contributed by atoms with Crippen LogP contribution in [0.2, 0.25) is 0 Å². The van der Waals surface area contributed by atoms with Gasteiger partial charge in [0.25, 0.3) is 5.91 Å². The quantitative estimate of drug-likeness (QED) is 0.797. The standard InChI is InChI=1S/C18H21N3O2/c1-20(2)15-8-5-14(6-9-15)7-12-18(22)21(3)16-10-11-17(23-4)19-13-16/h5-13H,1-4H3/b12-7+. The number of ether oxygens (including phenoxy) is 1. The topological polar surface area (TPSA) is 45.7 Å². The van der Waals surface area contributed by atoms with Gasteiger partial charge in [-0.25, -0.2) is 4.98 Å². The van der Waals surface area contributed by atoms with Crippen molar-refractivity contribution >= 4 is 23.4 Å². The molecule has 0 atom stereocenters. The Morgan fingerprint density at radius 3 is 2.22 bits per heavy atom. The van der Waals surface area contributed by atoms with E-state index >= 15 is 0 Å². The molecule has 23 heavy (non-hydrogen) atoms. The number of methoxy groups -OCH3 is 1. The second-order valence-electron chi connectivity index (χ2n) is 5.28. The summed E-state index contributed by atoms with van der Waals surface area (Å²) in [5.41, 5.74) is 2.81. The number of nitrogens with zero attached hydrogens (tertiary/aromatic N) is 3. The number of anilines is 2. The third kappa shape index (κ3) is 4.32. The summed E-state index contributed by atoms with van der Waals surface area (Å²) in [7, 11) is 7.25. The highest BCUT2D eigenvalue weighted by molar-refractivity contribution is 6.03. The molecule has 0 fully saturated rings. The zero-order chi connectivity index (χ0) is 16.8. The van der Waals surface area contributed by atoms with E-state index in [1.165, 1.54) is 4.90 Å². The Hall–Kier alpha value is -2.82. The molecule has 0 radical (unpaired) electrons. The Morgan fingerprint density at radius 1 is 1.04 bits per heavy atom. The molecular weight excluding hydrogens is 290 g/mol. The van der Waals surface area contributed by atoms with Crippen LogP contribution < -0.4 is 14.5 Å². The average molecular weight is 311 g/mol. The van der Waals surface area contributed by atoms with Crippen LogP contribution in [0, 0.1) is 0 Å². The number of pyridine rings is 1. The minimum absolute atomic E-state index is 0.117. The Balaban J connectivity index is 2.04. The van der Waals surface area contributed by atoms with Gasteiger partial charge in [-0.05, 0) is 29.8 Å². The van der Waals surface area contributed by atoms with Gasteiger partial charge in [-0.2, -0.15) is 0 Å². The summed E-state index contributed by atoms with van der Waals surface area (Å²) in [4.78, 5) is 19.9. The van der Waals surface area contributed by atoms with Gasteiger partial charge in [0.05, 0.1) is 19.0 Å². The number of benzene rings is 1. The number of carbonyl (C=O) groups excluding carboxylic acids is 1. The van der Waals surface area contributed by atoms with Crippen molar-refractivity contribution in [2.75, 3.05) is 38.1 Å². The fourth-order valence-electron chi connectivity index (χ4n) is 1.98. The van der Waals surface area contributed by atoms with E-state index in [1.807, 2.05) is 43.3 Å². The van der Waals surface area contributed by atoms with Gasteiger partial charge in [-0.1, -0.05) is 12.1 Å². The zero-order valence-electron chi connectivity index (χ0n) is 13.9. The van der Waals surface area contributed by atoms with Gasteiger partial charge >= 0.3 is 0 Å². The third-order valence-corrected chi connectivity index (χ3v) is 3.48. The Morgan fingerprint density at radius 2 is 1.70 bits per heavy atom. The first kappa shape index (κ1) is 16.5. The number of amides is 1. The van der Waals surface area contributed by atoms with Crippen LogP contribution in [0.15, 0.2) is 48.7 Å². The molecule has 0 N–H and O–H groups in total. The Bertz CT molecular complexity index is 676. The number of aromatic nitrogens is 1. The van der Waals surface area contributed by atoms with Crippen LogP contribution in [0.3, 0.4) is 0 Å². The first-order valence-electron chi connectivity index (χ1n) is 7.24. The molecular formula is C18H21N3O2. The van der Waals surface area contributed by atoms with Crippen molar-refractivity contribution in [1.29, 1.82) is 0 Å². The normalized spacial score (nSPS) is 10.6. The van der Waals surface area contributed by atoms with Crippen molar-refractivity contribution in [3.8, 4) is 5.88 Å². The minimum Gasteiger partial charge on any atom is -0.481 e. The summed E-state index contributed by atoms with van der Waals surface area (Å²) in [5, 5.41) is 0. The molecule has 2 rings (SSSR count). The molecule has 0 aliphatic rings. The summed E-state index contributed by atoms with van der Waals surface area (Å²) in [6, 6.07) is 11.5. The van der Waals surface area contributed by atoms with Crippen LogP contribution in [0.5, 0.6) is 5.88 Å². The molecule has 1 aromatic carbocycles. The van der Waals surface area contributed by atoms with Crippen LogP contribution in [-0.2, 0) is 4.79 Å². The van der Waals surface area contributed by atoms with Crippen LogP contribution in [-0.4, -0.2) is 39.1 Å². The number of hydrogen-bond donors (Lipinski definition) is 0. The van der Waals surface area contributed by atoms with E-state index in [2.05, 4.69) is 4.98 Å². The summed E-state index contributed by atoms with van der Waals surface area (Å²) >= 11 is 0. The lowest BCUT2D eigenvalue weighted by atomic mass is 10.2. The van der Waals surface area contributed by atoms with Gasteiger partial charge in [0.15, 0.2) is 0 Å². The lowest BCUT2D eigenvalue weighted by Gasteiger charge is -2.15. The van der Waals surface area contributed by atoms with Gasteiger partial charge in [0.1, 0.15) is 0 Å². The van der Waals surface area contributed by atoms with Crippen molar-refractivity contribution in [3.05, 3.63) is 54.2 Å². The lowest BCUT2D eigenvalue weighted by Crippen LogP contribution is -2.24. The molecule has 5 nitrogen and oxygen atoms in total. The fourth-order valence-corrected chi connectivity index (χ4v) is 1.98. The molecule has 1 heterocycles. The van der Waals surface area contributed by atoms with Gasteiger partial charge in [-0.3, -0.25) is 4.79 Å². The Labute approximate surface area is 136 Å². The highest BCUT2D eigenvalue weighted by Crippen LogP contribution is 2.16. The lowest BCUT2D eigenvalue weighted by molar-refractivity contribution is -0.113. The second-order valence-corrected chi connectivity index (χ2v) is 5.28. The summed E-state index contributed by atoms with van der Waals surface area (Å²) in [6.45, 7) is 0. The second kappa shape index (κ2) is 7.45. The maximum absolute atomic E-state index is 12.2. The van der Waals surface area contributed by atoms with E-state index in [9.17, 15) is 4.79 Å². The zero-order valence-corrected chi connectivity index (χ0v) is 13.9. The smallest absolute Gasteiger partial charge is 0.250 e. The number of hydrogen-bond acceptors (Lipinski definition) is 4. The molecule has 0 unspecified atom stereocenters. The minimum atomic E-state index is -0.117. The summed E-state index contributed by atoms with van der Waals surface area (Å²) in [6.07, 6.45) is 4.96. The van der Waals surface area contributed by atoms with E-state index in [0.717, 1.165) is 11.3 Å². The van der Waals surface area contributed by atoms with Crippen LogP contribution in [0.25, 0.3) is 6.08 Å². The maximum atomic E-state index is 12.2. The van der Waals surface area contributed by atoms with Crippen molar-refractivity contribution in [2.24, 2.45) is 0 Å². The van der Waals surface area contributed by atoms with Gasteiger partial charge in [0, 0.05) is 39.0 Å². The molecule has 0 bridgehead atoms. The highest BCUT2D eigenvalue weighted by Gasteiger charge is 2.08. The average Bonchev–Trinajstić information content (AvgIpc) is 2.59. The SMILES string of the molecule is COc1ccc(N(C)C(=O)/C=C/c2ccc(N(C)C)cc2)cn1. The molecule has 0 spiro atoms. The van der Waals surface area contributed by atoms with Crippen molar-refractivity contribution in [1.82, 2.24) is 4.98 Å². The Kier molecular flexibility index (Phi) is 5.36. The van der Waals surface area contributed by atoms with Gasteiger partial charge < -0.3 is 14.5 Å². The number of carbonyl (C=O) groups is 1. The highest BCUT2D eigenvalue weighted by atomic mass is 16.5. The summed E-state index contributed by atoms with van der Waals surface area (Å²) < 4.78 is 5.01. The van der Waals surface area contributed by atoms with E-state index in [1.54, 1.807) is 44.6 Å². The predicted molar refractivity (Wildman–Crippen MR) is 94.0 cm³/mol. The van der Waals surface area contributed by atoms with E-state index < -0.39 is 0 Å². The fraction of sp³-hybridized carbons (Fsp3) is 0.222. The molecule has 0 saturated heterocycles. The van der Waals surface area contributed by atoms with Crippen LogP contribution in [0.1, 0.15) is 5.56 Å². The van der Waals surface area contributed by atoms with E-state index in [0.29, 0.717) is 11.6 Å². The van der Waals surface area contributed by atoms with Crippen LogP contribution in [0.4, 0.5) is 11.4 Å². The van der Waals surface area contributed by atoms with Crippen molar-refractivity contribution < 1.29 is 9.53 Å². The first-order chi connectivity index (χ1) is 11.0. The molecule has 0 saturated carbocycles. The number of rotatable bonds is 5. The van der Waals surface area contributed by atoms with E-state index in [4.69, 9.17) is 4.74 Å². The van der Waals surface area contributed by atoms with Gasteiger partial charge in [-0.15, -0.1) is 0 Å². The molecule has 0 aliphatic heterocycles. The molecule has 1 amide bonds. The molecule has 0 aliphatic carbocycles. The van der Waals surface area contributed by atoms with Crippen molar-refractivity contribution in [2.45, 2.75) is 0 Å². The largest absolute Gasteiger partial charge is 0.481 e. The molecule has 120 valence electrons. The summed E-state index contributed by atoms with van der Waals surface area (Å²) in [5.74, 6) is 0.403. The first-order valence-corrected chi connectivity index (χ1v) is 7.24. The van der Waals surface area contributed by atoms with Gasteiger partial charge in [0.2, 0.25) is 5.88 Å². The predicted octanol–water partition coefficient (Wildman–Crippen LogP) is 2.83. The van der Waals surface area contributed by atoms with Crippen LogP contribution >= 0.6 is 0 Å². The van der Waals surface area contributed by atoms with E-state index in [-0.39, 0.29) is 5.91 Å². The maximum Gasteiger partial charge on any atom is 0.250 e. The van der Waals surface area contributed by atoms with Crippen molar-refractivity contribution in [3.63, 3.8) is 0 Å². The number of likely N-dealkylation sites (N-methyl/N-ethyl adjacent to an activating group) is 1. The molecule has 1 aromatic heterocycles.